The van der Waals surface area contributed by atoms with Crippen LogP contribution in [0.5, 0.6) is 0 Å². The molecule has 2 saturated heterocycles. The van der Waals surface area contributed by atoms with Gasteiger partial charge in [0.05, 0.1) is 32.0 Å². The highest BCUT2D eigenvalue weighted by molar-refractivity contribution is 5.76. The summed E-state index contributed by atoms with van der Waals surface area (Å²) in [5.41, 5.74) is 0. The molecule has 14 nitrogen and oxygen atoms in total. The molecule has 0 spiro atoms. The van der Waals surface area contributed by atoms with Crippen molar-refractivity contribution in [2.45, 2.75) is 242 Å². The largest absolute Gasteiger partial charge is 0.394 e. The third-order valence-electron chi connectivity index (χ3n) is 12.4. The van der Waals surface area contributed by atoms with E-state index in [0.29, 0.717) is 6.42 Å². The predicted molar refractivity (Wildman–Crippen MR) is 267 cm³/mol. The van der Waals surface area contributed by atoms with E-state index >= 15 is 0 Å². The maximum atomic E-state index is 13.1. The van der Waals surface area contributed by atoms with Crippen molar-refractivity contribution < 1.29 is 64.6 Å². The van der Waals surface area contributed by atoms with Crippen molar-refractivity contribution in [2.75, 3.05) is 19.8 Å². The first-order chi connectivity index (χ1) is 33.1. The maximum absolute atomic E-state index is 13.1. The quantitative estimate of drug-likeness (QED) is 0.0220. The number of nitrogens with one attached hydrogen (secondary N) is 1. The van der Waals surface area contributed by atoms with Crippen LogP contribution < -0.4 is 5.32 Å². The molecule has 12 unspecified atom stereocenters. The van der Waals surface area contributed by atoms with E-state index in [4.69, 9.17) is 18.9 Å². The lowest BCUT2D eigenvalue weighted by molar-refractivity contribution is -0.359. The van der Waals surface area contributed by atoms with Gasteiger partial charge in [0, 0.05) is 6.42 Å². The minimum Gasteiger partial charge on any atom is -0.394 e. The Hall–Kier alpha value is -2.57. The van der Waals surface area contributed by atoms with Crippen LogP contribution in [0.15, 0.2) is 72.9 Å². The van der Waals surface area contributed by atoms with Gasteiger partial charge in [-0.05, 0) is 64.2 Å². The van der Waals surface area contributed by atoms with Gasteiger partial charge in [0.2, 0.25) is 5.91 Å². The summed E-state index contributed by atoms with van der Waals surface area (Å²) in [6.45, 7) is 2.58. The van der Waals surface area contributed by atoms with Crippen LogP contribution in [0.2, 0.25) is 0 Å². The van der Waals surface area contributed by atoms with Crippen LogP contribution >= 0.6 is 0 Å². The average Bonchev–Trinajstić information content (AvgIpc) is 3.34. The second kappa shape index (κ2) is 40.1. The van der Waals surface area contributed by atoms with E-state index in [1.54, 1.807) is 6.08 Å². The minimum atomic E-state index is -1.79. The number of unbranched alkanes of at least 4 members (excludes halogenated alkanes) is 16. The molecule has 0 bridgehead atoms. The lowest BCUT2D eigenvalue weighted by atomic mass is 9.97. The smallest absolute Gasteiger partial charge is 0.220 e. The van der Waals surface area contributed by atoms with Gasteiger partial charge in [0.1, 0.15) is 48.8 Å². The van der Waals surface area contributed by atoms with Crippen LogP contribution in [0.25, 0.3) is 0 Å². The fourth-order valence-electron chi connectivity index (χ4n) is 8.14. The van der Waals surface area contributed by atoms with Crippen molar-refractivity contribution in [3.63, 3.8) is 0 Å². The third kappa shape index (κ3) is 26.6. The number of ether oxygens (including phenoxy) is 4. The first-order valence-corrected chi connectivity index (χ1v) is 26.2. The van der Waals surface area contributed by atoms with E-state index in [2.05, 4.69) is 79.9 Å². The fourth-order valence-corrected chi connectivity index (χ4v) is 8.14. The average molecular weight is 964 g/mol. The number of allylic oxidation sites excluding steroid dienone is 11. The van der Waals surface area contributed by atoms with E-state index in [9.17, 15) is 45.6 Å². The van der Waals surface area contributed by atoms with Crippen LogP contribution in [-0.4, -0.2) is 140 Å². The molecule has 1 amide bonds. The number of rotatable bonds is 39. The highest BCUT2D eigenvalue weighted by Gasteiger charge is 2.51. The van der Waals surface area contributed by atoms with Crippen LogP contribution in [0, 0.1) is 0 Å². The monoisotopic (exact) mass is 964 g/mol. The van der Waals surface area contributed by atoms with Gasteiger partial charge in [0.25, 0.3) is 0 Å². The molecule has 0 aromatic heterocycles. The summed E-state index contributed by atoms with van der Waals surface area (Å²) < 4.78 is 22.6. The molecule has 14 heteroatoms. The minimum absolute atomic E-state index is 0.252. The van der Waals surface area contributed by atoms with E-state index in [1.807, 2.05) is 6.08 Å². The summed E-state index contributed by atoms with van der Waals surface area (Å²) in [6, 6.07) is -0.916. The molecule has 0 aromatic rings. The Balaban J connectivity index is 1.68. The summed E-state index contributed by atoms with van der Waals surface area (Å²) >= 11 is 0. The zero-order valence-electron chi connectivity index (χ0n) is 41.6. The summed E-state index contributed by atoms with van der Waals surface area (Å²) in [7, 11) is 0. The number of aliphatic hydroxyl groups is 8. The van der Waals surface area contributed by atoms with Gasteiger partial charge >= 0.3 is 0 Å². The molecule has 0 aromatic carbocycles. The van der Waals surface area contributed by atoms with Crippen molar-refractivity contribution in [1.29, 1.82) is 0 Å². The topological polar surface area (TPSA) is 228 Å². The fraction of sp³-hybridized carbons (Fsp3) is 0.759. The molecular weight excluding hydrogens is 871 g/mol. The Morgan fingerprint density at radius 2 is 1.01 bits per heavy atom. The predicted octanol–water partition coefficient (Wildman–Crippen LogP) is 7.21. The van der Waals surface area contributed by atoms with E-state index in [1.165, 1.54) is 51.4 Å². The van der Waals surface area contributed by atoms with Gasteiger partial charge in [-0.2, -0.15) is 0 Å². The Labute approximate surface area is 408 Å². The summed E-state index contributed by atoms with van der Waals surface area (Å²) in [6.07, 6.45) is 34.1. The standard InChI is InChI=1S/C54H93NO13/c1-3-5-7-9-11-12-13-14-15-16-17-18-19-20-21-22-23-24-25-26-27-28-29-30-32-34-36-38-46(59)55-42(43(58)37-35-33-31-10-8-6-4-2)41-65-53-51(64)49(62)52(45(40-57)67-53)68-54-50(63)48(61)47(60)44(39-56)66-54/h5,7,11-12,14-15,17-18,20-21,35,37,42-45,47-54,56-58,60-64H,3-4,6,8-10,13,16,19,22-34,36,38-41H2,1-2H3,(H,55,59)/b7-5-,12-11-,15-14-,18-17-,21-20-,37-35+. The Kier molecular flexibility index (Phi) is 36.3. The van der Waals surface area contributed by atoms with Crippen molar-refractivity contribution in [2.24, 2.45) is 0 Å². The zero-order valence-corrected chi connectivity index (χ0v) is 41.6. The van der Waals surface area contributed by atoms with Gasteiger partial charge in [-0.25, -0.2) is 0 Å². The first kappa shape index (κ1) is 61.5. The lowest BCUT2D eigenvalue weighted by Gasteiger charge is -2.46. The van der Waals surface area contributed by atoms with Crippen molar-refractivity contribution >= 4 is 5.91 Å². The number of hydrogen-bond acceptors (Lipinski definition) is 13. The van der Waals surface area contributed by atoms with Gasteiger partial charge < -0.3 is 65.1 Å². The molecular formula is C54H93NO13. The van der Waals surface area contributed by atoms with Gasteiger partial charge in [0.15, 0.2) is 12.6 Å². The Morgan fingerprint density at radius 3 is 1.56 bits per heavy atom. The van der Waals surface area contributed by atoms with Crippen molar-refractivity contribution in [1.82, 2.24) is 5.32 Å². The SMILES string of the molecule is CC/C=C\C/C=C\C/C=C\C/C=C\C/C=C\CCCCCCCCCCCCCC(=O)NC(COC1OC(CO)C(OC2OC(CO)C(O)C(O)C2O)C(O)C1O)C(O)/C=C/CCCCCCC. The summed E-state index contributed by atoms with van der Waals surface area (Å²) in [4.78, 5) is 13.1. The molecule has 0 saturated carbocycles. The molecule has 2 aliphatic heterocycles. The van der Waals surface area contributed by atoms with E-state index in [-0.39, 0.29) is 18.9 Å². The highest BCUT2D eigenvalue weighted by atomic mass is 16.7. The Morgan fingerprint density at radius 1 is 0.544 bits per heavy atom. The normalized spacial score (nSPS) is 27.0. The van der Waals surface area contributed by atoms with E-state index in [0.717, 1.165) is 89.9 Å². The Bertz CT molecular complexity index is 1420. The molecule has 0 aliphatic carbocycles. The number of hydrogen-bond donors (Lipinski definition) is 9. The van der Waals surface area contributed by atoms with Gasteiger partial charge in [-0.3, -0.25) is 4.79 Å². The zero-order chi connectivity index (χ0) is 49.6. The number of aliphatic hydroxyl groups excluding tert-OH is 8. The molecule has 2 heterocycles. The molecule has 2 rings (SSSR count). The molecule has 2 aliphatic rings. The highest BCUT2D eigenvalue weighted by Crippen LogP contribution is 2.30. The van der Waals surface area contributed by atoms with Crippen molar-refractivity contribution in [3.8, 4) is 0 Å². The maximum Gasteiger partial charge on any atom is 0.220 e. The van der Waals surface area contributed by atoms with Crippen LogP contribution in [0.4, 0.5) is 0 Å². The van der Waals surface area contributed by atoms with Crippen LogP contribution in [0.1, 0.15) is 168 Å². The van der Waals surface area contributed by atoms with E-state index < -0.39 is 86.8 Å². The molecule has 12 atom stereocenters. The summed E-state index contributed by atoms with van der Waals surface area (Å²) in [5, 5.41) is 86.4. The first-order valence-electron chi connectivity index (χ1n) is 26.2. The molecule has 2 fully saturated rings. The second-order valence-corrected chi connectivity index (χ2v) is 18.3. The number of amides is 1. The molecule has 9 N–H and O–H groups in total. The number of carbonyl (C=O) groups is 1. The third-order valence-corrected chi connectivity index (χ3v) is 12.4. The van der Waals surface area contributed by atoms with Gasteiger partial charge in [-0.15, -0.1) is 0 Å². The van der Waals surface area contributed by atoms with Gasteiger partial charge in [-0.1, -0.05) is 170 Å². The van der Waals surface area contributed by atoms with Crippen LogP contribution in [-0.2, 0) is 23.7 Å². The van der Waals surface area contributed by atoms with Crippen LogP contribution in [0.3, 0.4) is 0 Å². The molecule has 0 radical (unpaired) electrons. The van der Waals surface area contributed by atoms with Crippen molar-refractivity contribution in [3.05, 3.63) is 72.9 Å². The summed E-state index contributed by atoms with van der Waals surface area (Å²) in [5.74, 6) is -0.252. The lowest BCUT2D eigenvalue weighted by Crippen LogP contribution is -2.65. The second-order valence-electron chi connectivity index (χ2n) is 18.3. The number of carbonyl (C=O) groups excluding carboxylic acids is 1. The molecule has 392 valence electrons. The molecule has 68 heavy (non-hydrogen) atoms.